The molecule has 0 aliphatic rings. The Morgan fingerprint density at radius 1 is 1.00 bits per heavy atom. The van der Waals surface area contributed by atoms with Crippen molar-refractivity contribution in [1.82, 2.24) is 0 Å². The number of halogens is 2. The van der Waals surface area contributed by atoms with E-state index in [2.05, 4.69) is 27.3 Å². The summed E-state index contributed by atoms with van der Waals surface area (Å²) >= 11 is 0. The Labute approximate surface area is 107 Å². The maximum absolute atomic E-state index is 11.1. The number of likely N-dealkylation sites (N-methyl/N-ethyl adjacent to an activating group) is 1. The molecule has 0 unspecified atom stereocenters. The zero-order valence-corrected chi connectivity index (χ0v) is 11.7. The molecule has 0 atom stereocenters. The molecular formula is C8H16F2N2O4S2. The van der Waals surface area contributed by atoms with Gasteiger partial charge in [0.05, 0.1) is 27.2 Å². The van der Waals surface area contributed by atoms with Gasteiger partial charge in [0, 0.05) is 0 Å². The van der Waals surface area contributed by atoms with Crippen molar-refractivity contribution in [2.75, 3.05) is 27.2 Å². The first-order valence-corrected chi connectivity index (χ1v) is 7.18. The molecule has 0 N–H and O–H groups in total. The van der Waals surface area contributed by atoms with Gasteiger partial charge < -0.3 is 8.61 Å². The van der Waals surface area contributed by atoms with Crippen LogP contribution in [0.25, 0.3) is 4.13 Å². The quantitative estimate of drug-likeness (QED) is 0.420. The molecule has 0 radical (unpaired) electrons. The van der Waals surface area contributed by atoms with Crippen LogP contribution in [0.2, 0.25) is 0 Å². The van der Waals surface area contributed by atoms with Gasteiger partial charge in [0.2, 0.25) is 20.8 Å². The third kappa shape index (κ3) is 17.6. The predicted octanol–water partition coefficient (Wildman–Crippen LogP) is 1.22. The van der Waals surface area contributed by atoms with Crippen molar-refractivity contribution in [3.8, 4) is 0 Å². The fourth-order valence-corrected chi connectivity index (χ4v) is 1.73. The molecule has 6 nitrogen and oxygen atoms in total. The summed E-state index contributed by atoms with van der Waals surface area (Å²) < 4.78 is 61.0. The molecular weight excluding hydrogens is 290 g/mol. The Hall–Kier alpha value is -0.840. The highest BCUT2D eigenvalue weighted by atomic mass is 32.3. The molecule has 0 bridgehead atoms. The van der Waals surface area contributed by atoms with Gasteiger partial charge in [-0.3, -0.25) is 0 Å². The van der Waals surface area contributed by atoms with Crippen molar-refractivity contribution in [3.05, 3.63) is 29.4 Å². The van der Waals surface area contributed by atoms with Crippen molar-refractivity contribution in [2.45, 2.75) is 0 Å². The minimum absolute atomic E-state index is 0.951. The van der Waals surface area contributed by atoms with Crippen LogP contribution in [0.5, 0.6) is 0 Å². The van der Waals surface area contributed by atoms with Gasteiger partial charge in [-0.15, -0.1) is 7.77 Å². The van der Waals surface area contributed by atoms with E-state index < -0.39 is 20.8 Å². The zero-order valence-electron chi connectivity index (χ0n) is 10.1. The van der Waals surface area contributed by atoms with Crippen molar-refractivity contribution < 1.29 is 29.1 Å². The SMILES string of the molecule is C=CC[N+](C)(C)CC=C.O=S(=O)(F)[N-]S(=O)(=O)F. The van der Waals surface area contributed by atoms with Crippen LogP contribution in [0.3, 0.4) is 0 Å². The fourth-order valence-electron chi connectivity index (χ4n) is 0.880. The van der Waals surface area contributed by atoms with E-state index in [1.165, 1.54) is 0 Å². The molecule has 0 aromatic carbocycles. The van der Waals surface area contributed by atoms with Crippen molar-refractivity contribution >= 4 is 20.8 Å². The van der Waals surface area contributed by atoms with E-state index in [-0.39, 0.29) is 0 Å². The van der Waals surface area contributed by atoms with Crippen LogP contribution < -0.4 is 0 Å². The van der Waals surface area contributed by atoms with E-state index in [9.17, 15) is 24.6 Å². The molecule has 0 heterocycles. The molecule has 0 amide bonds. The molecule has 0 saturated carbocycles. The van der Waals surface area contributed by atoms with Crippen LogP contribution in [0, 0.1) is 0 Å². The van der Waals surface area contributed by atoms with Gasteiger partial charge in [-0.1, -0.05) is 13.2 Å². The van der Waals surface area contributed by atoms with Gasteiger partial charge in [0.25, 0.3) is 0 Å². The van der Waals surface area contributed by atoms with Crippen LogP contribution in [0.1, 0.15) is 0 Å². The maximum atomic E-state index is 11.1. The second-order valence-corrected chi connectivity index (χ2v) is 6.02. The first-order chi connectivity index (χ1) is 7.83. The molecule has 0 spiro atoms. The number of hydrogen-bond acceptors (Lipinski definition) is 4. The summed E-state index contributed by atoms with van der Waals surface area (Å²) in [6.07, 6.45) is 3.87. The molecule has 108 valence electrons. The summed E-state index contributed by atoms with van der Waals surface area (Å²) in [4.78, 5) is 0. The highest BCUT2D eigenvalue weighted by Gasteiger charge is 2.07. The minimum Gasteiger partial charge on any atom is -0.379 e. The van der Waals surface area contributed by atoms with E-state index in [4.69, 9.17) is 0 Å². The lowest BCUT2D eigenvalue weighted by Crippen LogP contribution is -2.39. The van der Waals surface area contributed by atoms with E-state index >= 15 is 0 Å². The van der Waals surface area contributed by atoms with E-state index in [0.717, 1.165) is 21.7 Å². The largest absolute Gasteiger partial charge is 0.379 e. The Balaban J connectivity index is 0. The fraction of sp³-hybridized carbons (Fsp3) is 0.500. The average molecular weight is 306 g/mol. The highest BCUT2D eigenvalue weighted by molar-refractivity contribution is 8.07. The third-order valence-electron chi connectivity index (χ3n) is 1.42. The molecule has 0 saturated heterocycles. The molecule has 18 heavy (non-hydrogen) atoms. The van der Waals surface area contributed by atoms with Gasteiger partial charge in [0.1, 0.15) is 0 Å². The summed E-state index contributed by atoms with van der Waals surface area (Å²) in [5.74, 6) is 0. The Morgan fingerprint density at radius 2 is 1.28 bits per heavy atom. The summed E-state index contributed by atoms with van der Waals surface area (Å²) in [6.45, 7) is 9.37. The number of rotatable bonds is 6. The van der Waals surface area contributed by atoms with Crippen LogP contribution in [-0.2, 0) is 20.8 Å². The van der Waals surface area contributed by atoms with Crippen LogP contribution in [0.4, 0.5) is 7.77 Å². The molecule has 0 fully saturated rings. The molecule has 0 aliphatic heterocycles. The van der Waals surface area contributed by atoms with Crippen molar-refractivity contribution in [1.29, 1.82) is 0 Å². The third-order valence-corrected chi connectivity index (χ3v) is 2.85. The van der Waals surface area contributed by atoms with E-state index in [1.807, 2.05) is 12.2 Å². The monoisotopic (exact) mass is 306 g/mol. The summed E-state index contributed by atoms with van der Waals surface area (Å²) in [6, 6.07) is 0. The van der Waals surface area contributed by atoms with E-state index in [0.29, 0.717) is 0 Å². The average Bonchev–Trinajstić information content (AvgIpc) is 1.96. The van der Waals surface area contributed by atoms with Crippen LogP contribution in [-0.4, -0.2) is 48.5 Å². The summed E-state index contributed by atoms with van der Waals surface area (Å²) in [5.41, 5.74) is 0. The number of nitrogens with zero attached hydrogens (tertiary/aromatic N) is 2. The minimum atomic E-state index is -5.62. The molecule has 0 aromatic rings. The highest BCUT2D eigenvalue weighted by Crippen LogP contribution is 2.11. The van der Waals surface area contributed by atoms with Gasteiger partial charge in [-0.2, -0.15) is 0 Å². The first-order valence-electron chi connectivity index (χ1n) is 4.50. The van der Waals surface area contributed by atoms with Gasteiger partial charge >= 0.3 is 0 Å². The van der Waals surface area contributed by atoms with Crippen LogP contribution >= 0.6 is 0 Å². The maximum Gasteiger partial charge on any atom is 0.241 e. The van der Waals surface area contributed by atoms with Crippen LogP contribution in [0.15, 0.2) is 25.3 Å². The van der Waals surface area contributed by atoms with Gasteiger partial charge in [-0.25, -0.2) is 16.8 Å². The second-order valence-electron chi connectivity index (χ2n) is 3.78. The summed E-state index contributed by atoms with van der Waals surface area (Å²) in [7, 11) is -6.93. The lowest BCUT2D eigenvalue weighted by molar-refractivity contribution is -0.878. The topological polar surface area (TPSA) is 82.4 Å². The number of hydrogen-bond donors (Lipinski definition) is 0. The lowest BCUT2D eigenvalue weighted by atomic mass is 10.4. The Morgan fingerprint density at radius 3 is 1.39 bits per heavy atom. The van der Waals surface area contributed by atoms with Gasteiger partial charge in [0.15, 0.2) is 0 Å². The molecule has 0 rings (SSSR count). The molecule has 0 aromatic heterocycles. The lowest BCUT2D eigenvalue weighted by Gasteiger charge is -2.26. The summed E-state index contributed by atoms with van der Waals surface area (Å²) in [5, 5.41) is 0. The van der Waals surface area contributed by atoms with Gasteiger partial charge in [-0.05, 0) is 12.2 Å². The molecule has 0 aliphatic carbocycles. The predicted molar refractivity (Wildman–Crippen MR) is 65.7 cm³/mol. The normalized spacial score (nSPS) is 12.2. The molecule has 10 heteroatoms. The smallest absolute Gasteiger partial charge is 0.241 e. The Bertz CT molecular complexity index is 429. The van der Waals surface area contributed by atoms with Crippen molar-refractivity contribution in [2.24, 2.45) is 0 Å². The van der Waals surface area contributed by atoms with Crippen molar-refractivity contribution in [3.63, 3.8) is 0 Å². The second kappa shape index (κ2) is 7.56. The standard InChI is InChI=1S/C8H16N.F2NO4S2/c1-5-7-9(3,4)8-6-2;1-8(4,5)3-9(2,6)7/h5-6H,1-2,7-8H2,3-4H3;/q+1;-1. The Kier molecular flexibility index (Phi) is 8.19. The number of quaternary nitrogens is 1. The first kappa shape index (κ1) is 19.5. The van der Waals surface area contributed by atoms with E-state index in [1.54, 1.807) is 0 Å². The zero-order chi connectivity index (χ0) is 15.0.